The summed E-state index contributed by atoms with van der Waals surface area (Å²) in [4.78, 5) is 26.6. The van der Waals surface area contributed by atoms with Crippen molar-refractivity contribution >= 4 is 22.8 Å². The molecule has 1 heterocycles. The number of nitrogens with zero attached hydrogens (tertiary/aromatic N) is 1. The summed E-state index contributed by atoms with van der Waals surface area (Å²) in [5.41, 5.74) is 3.80. The summed E-state index contributed by atoms with van der Waals surface area (Å²) < 4.78 is 19.4. The Morgan fingerprint density at radius 2 is 1.58 bits per heavy atom. The number of hydrogen-bond donors (Lipinski definition) is 1. The van der Waals surface area contributed by atoms with Gasteiger partial charge in [-0.15, -0.1) is 0 Å². The number of rotatable bonds is 4. The van der Waals surface area contributed by atoms with Gasteiger partial charge in [0.25, 0.3) is 11.8 Å². The topological polar surface area (TPSA) is 62.6 Å². The van der Waals surface area contributed by atoms with Gasteiger partial charge in [0.1, 0.15) is 17.2 Å². The van der Waals surface area contributed by atoms with Gasteiger partial charge in [0, 0.05) is 37.7 Å². The van der Waals surface area contributed by atoms with Crippen molar-refractivity contribution in [2.75, 3.05) is 21.1 Å². The molecule has 0 aliphatic heterocycles. The van der Waals surface area contributed by atoms with Gasteiger partial charge in [0.15, 0.2) is 0 Å². The molecular weight excluding hydrogens is 395 g/mol. The molecule has 0 saturated carbocycles. The van der Waals surface area contributed by atoms with E-state index in [4.69, 9.17) is 4.42 Å². The highest BCUT2D eigenvalue weighted by Crippen LogP contribution is 2.36. The zero-order valence-corrected chi connectivity index (χ0v) is 17.4. The summed E-state index contributed by atoms with van der Waals surface area (Å²) in [6, 6.07) is 18.7. The molecule has 6 heteroatoms. The van der Waals surface area contributed by atoms with Gasteiger partial charge in [0.2, 0.25) is 0 Å². The quantitative estimate of drug-likeness (QED) is 0.511. The van der Waals surface area contributed by atoms with E-state index < -0.39 is 0 Å². The number of furan rings is 1. The average Bonchev–Trinajstić information content (AvgIpc) is 3.17. The minimum atomic E-state index is -0.365. The van der Waals surface area contributed by atoms with Crippen molar-refractivity contribution in [3.05, 3.63) is 83.7 Å². The van der Waals surface area contributed by atoms with Crippen LogP contribution in [-0.4, -0.2) is 37.9 Å². The molecule has 1 aromatic heterocycles. The fraction of sp³-hybridized carbons (Fsp3) is 0.120. The highest BCUT2D eigenvalue weighted by Gasteiger charge is 2.22. The zero-order chi connectivity index (χ0) is 22.1. The lowest BCUT2D eigenvalue weighted by atomic mass is 9.99. The number of amides is 2. The predicted octanol–water partition coefficient (Wildman–Crippen LogP) is 4.97. The van der Waals surface area contributed by atoms with Gasteiger partial charge < -0.3 is 14.6 Å². The van der Waals surface area contributed by atoms with Crippen molar-refractivity contribution in [1.29, 1.82) is 0 Å². The van der Waals surface area contributed by atoms with Gasteiger partial charge in [-0.2, -0.15) is 0 Å². The second-order valence-corrected chi connectivity index (χ2v) is 7.38. The van der Waals surface area contributed by atoms with Crippen LogP contribution in [0.15, 0.2) is 71.1 Å². The highest BCUT2D eigenvalue weighted by molar-refractivity contribution is 6.11. The van der Waals surface area contributed by atoms with Crippen LogP contribution < -0.4 is 5.32 Å². The molecule has 0 fully saturated rings. The number of halogens is 1. The largest absolute Gasteiger partial charge is 0.455 e. The Morgan fingerprint density at radius 1 is 0.903 bits per heavy atom. The molecule has 0 unspecified atom stereocenters. The maximum absolute atomic E-state index is 13.4. The van der Waals surface area contributed by atoms with Crippen molar-refractivity contribution in [3.63, 3.8) is 0 Å². The van der Waals surface area contributed by atoms with E-state index in [-0.39, 0.29) is 17.6 Å². The van der Waals surface area contributed by atoms with Gasteiger partial charge in [-0.3, -0.25) is 9.59 Å². The van der Waals surface area contributed by atoms with Crippen molar-refractivity contribution in [2.45, 2.75) is 0 Å². The van der Waals surface area contributed by atoms with Gasteiger partial charge in [-0.1, -0.05) is 18.2 Å². The third-order valence-electron chi connectivity index (χ3n) is 5.10. The lowest BCUT2D eigenvalue weighted by Crippen LogP contribution is -2.21. The Hall–Kier alpha value is -3.93. The number of carbonyl (C=O) groups is 2. The van der Waals surface area contributed by atoms with E-state index in [9.17, 15) is 14.0 Å². The first kappa shape index (κ1) is 20.3. The molecule has 0 aliphatic rings. The molecular formula is C25H21FN2O3. The minimum Gasteiger partial charge on any atom is -0.455 e. The summed E-state index contributed by atoms with van der Waals surface area (Å²) in [7, 11) is 4.97. The fourth-order valence-corrected chi connectivity index (χ4v) is 3.52. The fourth-order valence-electron chi connectivity index (χ4n) is 3.52. The summed E-state index contributed by atoms with van der Waals surface area (Å²) >= 11 is 0. The molecule has 4 rings (SSSR count). The Kier molecular flexibility index (Phi) is 5.29. The Labute approximate surface area is 179 Å². The summed E-state index contributed by atoms with van der Waals surface area (Å²) in [6.45, 7) is 0. The number of fused-ring (bicyclic) bond motifs is 1. The van der Waals surface area contributed by atoms with Crippen molar-refractivity contribution < 1.29 is 18.4 Å². The molecule has 0 spiro atoms. The molecule has 1 N–H and O–H groups in total. The van der Waals surface area contributed by atoms with E-state index in [0.29, 0.717) is 33.4 Å². The van der Waals surface area contributed by atoms with Crippen molar-refractivity contribution in [1.82, 2.24) is 10.2 Å². The third-order valence-corrected chi connectivity index (χ3v) is 5.10. The van der Waals surface area contributed by atoms with Crippen LogP contribution in [0.25, 0.3) is 33.4 Å². The highest BCUT2D eigenvalue weighted by atomic mass is 19.1. The van der Waals surface area contributed by atoms with Crippen LogP contribution in [0.2, 0.25) is 0 Å². The first-order valence-electron chi connectivity index (χ1n) is 9.75. The van der Waals surface area contributed by atoms with Crippen LogP contribution in [0.1, 0.15) is 20.7 Å². The van der Waals surface area contributed by atoms with Crippen molar-refractivity contribution in [3.8, 4) is 22.5 Å². The van der Waals surface area contributed by atoms with E-state index in [1.807, 2.05) is 30.3 Å². The Balaban J connectivity index is 1.88. The molecule has 156 valence electrons. The van der Waals surface area contributed by atoms with E-state index in [2.05, 4.69) is 5.32 Å². The van der Waals surface area contributed by atoms with Crippen LogP contribution in [0, 0.1) is 5.82 Å². The molecule has 0 bridgehead atoms. The molecule has 0 radical (unpaired) electrons. The van der Waals surface area contributed by atoms with Crippen LogP contribution in [-0.2, 0) is 0 Å². The molecule has 0 atom stereocenters. The monoisotopic (exact) mass is 416 g/mol. The third kappa shape index (κ3) is 3.80. The van der Waals surface area contributed by atoms with E-state index in [0.717, 1.165) is 11.1 Å². The van der Waals surface area contributed by atoms with Crippen molar-refractivity contribution in [2.24, 2.45) is 0 Å². The summed E-state index contributed by atoms with van der Waals surface area (Å²) in [5, 5.41) is 3.29. The zero-order valence-electron chi connectivity index (χ0n) is 17.4. The number of carbonyl (C=O) groups excluding carboxylic acids is 2. The van der Waals surface area contributed by atoms with Gasteiger partial charge >= 0.3 is 0 Å². The number of hydrogen-bond acceptors (Lipinski definition) is 3. The maximum atomic E-state index is 13.4. The standard InChI is InChI=1S/C25H21FN2O3/c1-27-24(29)22-20-14-17(16-5-4-6-18(13-16)25(30)28(2)3)9-12-21(20)31-23(22)15-7-10-19(26)11-8-15/h4-14H,1-3H3,(H,27,29). The Bertz CT molecular complexity index is 1290. The van der Waals surface area contributed by atoms with E-state index in [1.54, 1.807) is 45.4 Å². The molecule has 3 aromatic carbocycles. The van der Waals surface area contributed by atoms with Crippen LogP contribution >= 0.6 is 0 Å². The molecule has 0 saturated heterocycles. The molecule has 2 amide bonds. The first-order chi connectivity index (χ1) is 14.9. The molecule has 4 aromatic rings. The predicted molar refractivity (Wildman–Crippen MR) is 118 cm³/mol. The van der Waals surface area contributed by atoms with Gasteiger partial charge in [0.05, 0.1) is 5.56 Å². The SMILES string of the molecule is CNC(=O)c1c(-c2ccc(F)cc2)oc2ccc(-c3cccc(C(=O)N(C)C)c3)cc12. The minimum absolute atomic E-state index is 0.0871. The van der Waals surface area contributed by atoms with Gasteiger partial charge in [-0.25, -0.2) is 4.39 Å². The van der Waals surface area contributed by atoms with E-state index in [1.165, 1.54) is 17.0 Å². The number of benzene rings is 3. The summed E-state index contributed by atoms with van der Waals surface area (Å²) in [5.74, 6) is -0.374. The summed E-state index contributed by atoms with van der Waals surface area (Å²) in [6.07, 6.45) is 0. The lowest BCUT2D eigenvalue weighted by Gasteiger charge is -2.11. The second kappa shape index (κ2) is 8.07. The average molecular weight is 416 g/mol. The van der Waals surface area contributed by atoms with Crippen LogP contribution in [0.5, 0.6) is 0 Å². The maximum Gasteiger partial charge on any atom is 0.255 e. The first-order valence-corrected chi connectivity index (χ1v) is 9.75. The molecule has 31 heavy (non-hydrogen) atoms. The second-order valence-electron chi connectivity index (χ2n) is 7.38. The van der Waals surface area contributed by atoms with Gasteiger partial charge in [-0.05, 0) is 59.7 Å². The van der Waals surface area contributed by atoms with Crippen LogP contribution in [0.3, 0.4) is 0 Å². The van der Waals surface area contributed by atoms with E-state index >= 15 is 0 Å². The molecule has 0 aliphatic carbocycles. The smallest absolute Gasteiger partial charge is 0.255 e. The Morgan fingerprint density at radius 3 is 2.26 bits per heavy atom. The number of nitrogens with one attached hydrogen (secondary N) is 1. The normalized spacial score (nSPS) is 10.8. The molecule has 5 nitrogen and oxygen atoms in total. The van der Waals surface area contributed by atoms with Crippen LogP contribution in [0.4, 0.5) is 4.39 Å². The lowest BCUT2D eigenvalue weighted by molar-refractivity contribution is 0.0827.